The molecule has 2 aliphatic rings. The predicted molar refractivity (Wildman–Crippen MR) is 481 cm³/mol. The molecule has 4 aromatic carbocycles. The lowest BCUT2D eigenvalue weighted by Crippen LogP contribution is -2.65. The van der Waals surface area contributed by atoms with Crippen molar-refractivity contribution in [2.24, 2.45) is 34.6 Å². The van der Waals surface area contributed by atoms with E-state index in [1.54, 1.807) is 91.1 Å². The first-order valence-electron chi connectivity index (χ1n) is 42.3. The largest absolute Gasteiger partial charge is 0.492 e. The number of Topliss-reactive ketones (excluding diaryl/α,β-unsaturated/α-hetero) is 1. The van der Waals surface area contributed by atoms with Crippen LogP contribution in [0.4, 0.5) is 0 Å². The highest BCUT2D eigenvalue weighted by atomic mass is 33.1. The molecule has 2 aromatic heterocycles. The summed E-state index contributed by atoms with van der Waals surface area (Å²) >= 11 is 0. The Labute approximate surface area is 762 Å². The molecule has 706 valence electrons. The van der Waals surface area contributed by atoms with Crippen molar-refractivity contribution in [2.45, 2.75) is 213 Å². The number of hydrogen-bond donors (Lipinski definition) is 19. The number of H-pyrrole nitrogens is 1. The van der Waals surface area contributed by atoms with Crippen molar-refractivity contribution in [3.63, 3.8) is 0 Å². The van der Waals surface area contributed by atoms with E-state index in [1.807, 2.05) is 19.1 Å². The van der Waals surface area contributed by atoms with Gasteiger partial charge in [0.2, 0.25) is 94.5 Å². The molecule has 43 heteroatoms. The number of likely N-dealkylation sites (N-methyl/N-ethyl adjacent to an activating group) is 1. The molecule has 12 atom stereocenters. The molecule has 131 heavy (non-hydrogen) atoms. The number of carbonyl (C=O) groups excluding carboxylic acids is 17. The summed E-state index contributed by atoms with van der Waals surface area (Å²) in [6, 6.07) is 8.99. The number of aliphatic hydroxyl groups excluding tert-OH is 1. The molecule has 0 spiro atoms. The number of ether oxygens (including phenoxy) is 2. The lowest BCUT2D eigenvalue weighted by molar-refractivity contribution is -0.142. The van der Waals surface area contributed by atoms with Gasteiger partial charge in [0.25, 0.3) is 0 Å². The molecule has 2 aliphatic heterocycles. The van der Waals surface area contributed by atoms with Crippen LogP contribution in [0.3, 0.4) is 0 Å². The molecule has 6 aromatic rings. The van der Waals surface area contributed by atoms with E-state index >= 15 is 28.8 Å². The number of aliphatic carboxylic acids is 1. The number of pyridine rings is 1. The van der Waals surface area contributed by atoms with Gasteiger partial charge in [0, 0.05) is 136 Å². The van der Waals surface area contributed by atoms with Crippen molar-refractivity contribution in [3.8, 4) is 5.75 Å². The van der Waals surface area contributed by atoms with Gasteiger partial charge in [0.15, 0.2) is 5.78 Å². The number of ketones is 1. The topological polar surface area (TPSA) is 661 Å². The van der Waals surface area contributed by atoms with Gasteiger partial charge in [0.05, 0.1) is 25.5 Å². The summed E-state index contributed by atoms with van der Waals surface area (Å²) in [6.45, 7) is 9.17. The zero-order valence-corrected chi connectivity index (χ0v) is 75.4. The van der Waals surface area contributed by atoms with Crippen LogP contribution in [0.5, 0.6) is 5.75 Å². The van der Waals surface area contributed by atoms with Crippen molar-refractivity contribution in [3.05, 3.63) is 143 Å². The van der Waals surface area contributed by atoms with E-state index in [0.717, 1.165) is 51.3 Å². The van der Waals surface area contributed by atoms with Crippen LogP contribution in [-0.2, 0) is 117 Å². The normalized spacial score (nSPS) is 19.8. The minimum atomic E-state index is -2.00. The number of aliphatic hydroxyl groups is 1. The third kappa shape index (κ3) is 30.2. The number of amides is 16. The van der Waals surface area contributed by atoms with Gasteiger partial charge in [-0.1, -0.05) is 100 Å². The number of benzene rings is 4. The third-order valence-electron chi connectivity index (χ3n) is 22.1. The number of carboxylic acid groups (broad SMARTS) is 1. The minimum Gasteiger partial charge on any atom is -0.492 e. The maximum absolute atomic E-state index is 16.2. The predicted octanol–water partition coefficient (Wildman–Crippen LogP) is -2.10. The lowest BCUT2D eigenvalue weighted by atomic mass is 9.80. The van der Waals surface area contributed by atoms with Gasteiger partial charge in [-0.05, 0) is 111 Å². The summed E-state index contributed by atoms with van der Waals surface area (Å²) in [5.41, 5.74) is 29.2. The number of fused-ring (bicyclic) bond motifs is 2. The Morgan fingerprint density at radius 1 is 0.626 bits per heavy atom. The number of nitrogens with one attached hydrogen (secondary N) is 12. The molecule has 0 saturated carbocycles. The van der Waals surface area contributed by atoms with Crippen LogP contribution in [0.15, 0.2) is 116 Å². The van der Waals surface area contributed by atoms with Gasteiger partial charge in [-0.2, -0.15) is 0 Å². The van der Waals surface area contributed by atoms with E-state index < -0.39 is 252 Å². The van der Waals surface area contributed by atoms with Gasteiger partial charge in [-0.3, -0.25) is 91.3 Å². The summed E-state index contributed by atoms with van der Waals surface area (Å²) in [5.74, 6) is -20.7. The third-order valence-corrected chi connectivity index (χ3v) is 26.3. The van der Waals surface area contributed by atoms with Crippen LogP contribution in [0, 0.1) is 12.8 Å². The van der Waals surface area contributed by atoms with E-state index in [1.165, 1.54) is 47.1 Å². The molecule has 0 radical (unpaired) electrons. The highest BCUT2D eigenvalue weighted by Crippen LogP contribution is 2.47. The van der Waals surface area contributed by atoms with Crippen LogP contribution in [0.1, 0.15) is 127 Å². The summed E-state index contributed by atoms with van der Waals surface area (Å²) in [5, 5.41) is 52.0. The minimum absolute atomic E-state index is 0.0927. The van der Waals surface area contributed by atoms with Gasteiger partial charge in [0.1, 0.15) is 78.3 Å². The standard InChI is InChI=1S/C88H115N19O22S2/c1-46-13-11-17-57-55(44-95-71(46)57)39-61-78(120)97-58(25-26-66(90)111)76(118)105-74(87(6,7)131-130-86(4,5)73(96-48(3)109)83(125)102-63(42-68(92)113)80(122)104-72(47(2)108)82(124)100-61)84(126)101-59(36-49-19-23-56(24-20-49)129-34-30-89)77(119)99-60(37-50-18-21-52-15-9-10-16-53(52)35-50)81(123)106-88(28-32-128-33-29-88)65(110)40-54(22-27-70(115)116)75(117)98-62(41-67(91)112)79(121)103-64(38-51-14-12-31-94-43-51)85(127)107(8)45-69(93)114/h9-21,23-24,31,35,43-44,47,54,58-64,72-74,95,108H,22,25-30,32-34,36-42,45,89H2,1-8H3,(H2,90,111)(H2,91,112)(H2,92,113)(H2,93,114)(H,96,109)(H,97,120)(H,98,117)(H,99,119)(H,100,124)(H,101,126)(H,102,125)(H,103,121)(H,104,122)(H,105,118)(H,106,123)(H,115,116)/t47-,54-,58+,59+,60+,61+,62+,63+,64+,72+,73-,74-/m1/s1. The Morgan fingerprint density at radius 3 is 1.87 bits per heavy atom. The SMILES string of the molecule is CC(=O)N[C@@H]1C(=O)N[C@@H](CC(N)=O)C(=O)N[C@@H]([C@@H](C)O)C(=O)N[C@@H](Cc2c[nH]c3c(C)cccc23)C(=O)N[C@@H](CCC(N)=O)C(=O)N[C@H](C(=O)N[C@@H](Cc2ccc(OCCN)cc2)C(=O)N[C@@H](Cc2ccc3ccccc3c2)C(=O)NC2(C(=O)C[C@@H](CCC(=O)O)C(=O)N[C@@H](CC(N)=O)C(=O)N[C@@H](Cc3cccnc3)C(=O)N(C)CC(N)=O)CCOCC2)C(C)(C)SSC1(C)C. The van der Waals surface area contributed by atoms with Crippen LogP contribution < -0.4 is 91.9 Å². The van der Waals surface area contributed by atoms with Crippen molar-refractivity contribution in [2.75, 3.05) is 40.0 Å². The molecule has 0 unspecified atom stereocenters. The number of aromatic amines is 1. The number of nitrogens with zero attached hydrogens (tertiary/aromatic N) is 2. The zero-order chi connectivity index (χ0) is 96.4. The molecule has 16 amide bonds. The molecule has 2 saturated heterocycles. The second kappa shape index (κ2) is 47.4. The number of aromatic nitrogens is 2. The van der Waals surface area contributed by atoms with Gasteiger partial charge in [-0.15, -0.1) is 0 Å². The summed E-state index contributed by atoms with van der Waals surface area (Å²) < 4.78 is 8.19. The summed E-state index contributed by atoms with van der Waals surface area (Å²) in [6.07, 6.45) is -4.53. The van der Waals surface area contributed by atoms with Crippen molar-refractivity contribution in [1.82, 2.24) is 73.4 Å². The monoisotopic (exact) mass is 1850 g/mol. The zero-order valence-electron chi connectivity index (χ0n) is 73.8. The first-order valence-corrected chi connectivity index (χ1v) is 44.4. The highest BCUT2D eigenvalue weighted by molar-refractivity contribution is 8.77. The Kier molecular flexibility index (Phi) is 37.4. The maximum Gasteiger partial charge on any atom is 0.303 e. The van der Waals surface area contributed by atoms with Crippen LogP contribution in [0.25, 0.3) is 21.7 Å². The Bertz CT molecular complexity index is 5210. The van der Waals surface area contributed by atoms with Crippen molar-refractivity contribution >= 4 is 150 Å². The quantitative estimate of drug-likeness (QED) is 0.0184. The van der Waals surface area contributed by atoms with E-state index in [0.29, 0.717) is 44.3 Å². The Hall–Kier alpha value is -13.1. The van der Waals surface area contributed by atoms with E-state index in [4.69, 9.17) is 38.1 Å². The van der Waals surface area contributed by atoms with Crippen LogP contribution in [0.2, 0.25) is 0 Å². The summed E-state index contributed by atoms with van der Waals surface area (Å²) in [7, 11) is 2.94. The number of carbonyl (C=O) groups is 18. The number of carboxylic acids is 1. The van der Waals surface area contributed by atoms with E-state index in [-0.39, 0.29) is 58.5 Å². The fourth-order valence-corrected chi connectivity index (χ4v) is 17.8. The van der Waals surface area contributed by atoms with E-state index in [9.17, 15) is 67.7 Å². The number of primary amides is 4. The molecule has 4 heterocycles. The second-order valence-electron chi connectivity index (χ2n) is 33.5. The number of para-hydroxylation sites is 1. The van der Waals surface area contributed by atoms with Gasteiger partial charge < -0.3 is 117 Å². The second-order valence-corrected chi connectivity index (χ2v) is 36.9. The van der Waals surface area contributed by atoms with E-state index in [2.05, 4.69) is 68.5 Å². The number of aryl methyl sites for hydroxylation is 1. The first-order chi connectivity index (χ1) is 61.9. The maximum atomic E-state index is 16.2. The molecule has 24 N–H and O–H groups in total. The van der Waals surface area contributed by atoms with Gasteiger partial charge in [-0.25, -0.2) is 0 Å². The van der Waals surface area contributed by atoms with Crippen LogP contribution >= 0.6 is 21.6 Å². The molecule has 2 fully saturated rings. The van der Waals surface area contributed by atoms with Gasteiger partial charge >= 0.3 is 5.97 Å². The number of nitrogens with two attached hydrogens (primary N) is 5. The van der Waals surface area contributed by atoms with Crippen molar-refractivity contribution < 1.29 is 106 Å². The molecular formula is C88H115N19O22S2. The lowest BCUT2D eigenvalue weighted by Gasteiger charge is -2.39. The number of rotatable bonds is 39. The van der Waals surface area contributed by atoms with Crippen LogP contribution in [-0.4, -0.2) is 253 Å². The summed E-state index contributed by atoms with van der Waals surface area (Å²) in [4.78, 5) is 266. The molecule has 41 nitrogen and oxygen atoms in total. The first kappa shape index (κ1) is 103. The average Bonchev–Trinajstić information content (AvgIpc) is 1.76. The fourth-order valence-electron chi connectivity index (χ4n) is 15.0. The highest BCUT2D eigenvalue weighted by Gasteiger charge is 2.49. The van der Waals surface area contributed by atoms with Crippen molar-refractivity contribution in [1.29, 1.82) is 0 Å². The smallest absolute Gasteiger partial charge is 0.303 e. The molecule has 0 aliphatic carbocycles. The molecular weight excluding hydrogens is 1740 g/mol. The molecule has 8 rings (SSSR count). The Morgan fingerprint density at radius 2 is 1.24 bits per heavy atom. The average molecular weight is 1860 g/mol. The Balaban J connectivity index is 1.21. The fraction of sp³-hybridized carbons (Fsp3) is 0.466. The molecule has 0 bridgehead atoms. The number of hydrogen-bond acceptors (Lipinski definition) is 25.